The van der Waals surface area contributed by atoms with E-state index in [9.17, 15) is 0 Å². The van der Waals surface area contributed by atoms with Gasteiger partial charge in [-0.15, -0.1) is 0 Å². The Morgan fingerprint density at radius 3 is 1.35 bits per heavy atom. The molecule has 2 aliphatic rings. The van der Waals surface area contributed by atoms with Crippen LogP contribution in [0.5, 0.6) is 0 Å². The van der Waals surface area contributed by atoms with Crippen LogP contribution in [-0.4, -0.2) is 15.0 Å². The second kappa shape index (κ2) is 11.3. The van der Waals surface area contributed by atoms with Gasteiger partial charge in [0.15, 0.2) is 23.2 Å². The third-order valence-electron chi connectivity index (χ3n) is 10.4. The van der Waals surface area contributed by atoms with Crippen LogP contribution in [0.25, 0.3) is 72.4 Å². The molecule has 0 atom stereocenters. The first kappa shape index (κ1) is 29.0. The van der Waals surface area contributed by atoms with Crippen LogP contribution in [0.2, 0.25) is 0 Å². The molecule has 0 unspecified atom stereocenters. The van der Waals surface area contributed by atoms with Gasteiger partial charge in [0, 0.05) is 16.7 Å². The van der Waals surface area contributed by atoms with Crippen LogP contribution >= 0.6 is 0 Å². The molecule has 51 heavy (non-hydrogen) atoms. The zero-order chi connectivity index (χ0) is 33.9. The summed E-state index contributed by atoms with van der Waals surface area (Å²) in [5.74, 6) is 1.91. The topological polar surface area (TPSA) is 43.0 Å². The van der Waals surface area contributed by atoms with Crippen LogP contribution in [-0.2, 0) is 5.41 Å². The lowest BCUT2D eigenvalue weighted by atomic mass is 9.70. The average molecular weight is 649 g/mol. The molecular weight excluding hydrogens is 621 g/mol. The van der Waals surface area contributed by atoms with Crippen molar-refractivity contribution in [1.29, 1.82) is 0 Å². The van der Waals surface area contributed by atoms with Crippen LogP contribution in [0.15, 0.2) is 170 Å². The molecule has 0 saturated carbocycles. The number of hydrogen-bond donors (Lipinski definition) is 0. The second-order valence-corrected chi connectivity index (χ2v) is 13.1. The number of benzene rings is 7. The summed E-state index contributed by atoms with van der Waals surface area (Å²) in [5.41, 5.74) is 14.9. The Bertz CT molecular complexity index is 2600. The summed E-state index contributed by atoms with van der Waals surface area (Å²) in [6.07, 6.45) is 0. The molecule has 1 spiro atoms. The fourth-order valence-electron chi connectivity index (χ4n) is 8.15. The summed E-state index contributed by atoms with van der Waals surface area (Å²) < 4.78 is 0. The Kier molecular flexibility index (Phi) is 6.43. The van der Waals surface area contributed by atoms with E-state index in [4.69, 9.17) is 21.5 Å². The molecule has 0 aliphatic heterocycles. The van der Waals surface area contributed by atoms with Crippen LogP contribution in [0.4, 0.5) is 5.69 Å². The lowest BCUT2D eigenvalue weighted by molar-refractivity contribution is 0.794. The molecule has 1 aromatic heterocycles. The highest BCUT2D eigenvalue weighted by Gasteiger charge is 2.51. The van der Waals surface area contributed by atoms with E-state index in [1.54, 1.807) is 0 Å². The summed E-state index contributed by atoms with van der Waals surface area (Å²) in [6, 6.07) is 59.3. The molecular formula is C47H28N4. The van der Waals surface area contributed by atoms with Crippen molar-refractivity contribution in [3.63, 3.8) is 0 Å². The first-order chi connectivity index (χ1) is 25.2. The van der Waals surface area contributed by atoms with Gasteiger partial charge in [-0.3, -0.25) is 0 Å². The van der Waals surface area contributed by atoms with Crippen LogP contribution < -0.4 is 0 Å². The van der Waals surface area contributed by atoms with Gasteiger partial charge < -0.3 is 0 Å². The highest BCUT2D eigenvalue weighted by molar-refractivity contribution is 5.96. The van der Waals surface area contributed by atoms with Crippen LogP contribution in [0.1, 0.15) is 22.3 Å². The van der Waals surface area contributed by atoms with Gasteiger partial charge in [-0.05, 0) is 73.8 Å². The van der Waals surface area contributed by atoms with Gasteiger partial charge >= 0.3 is 0 Å². The van der Waals surface area contributed by atoms with Gasteiger partial charge in [0.05, 0.1) is 12.0 Å². The smallest absolute Gasteiger partial charge is 0.187 e. The van der Waals surface area contributed by atoms with Gasteiger partial charge in [-0.1, -0.05) is 152 Å². The van der Waals surface area contributed by atoms with Crippen molar-refractivity contribution in [2.45, 2.75) is 5.41 Å². The van der Waals surface area contributed by atoms with E-state index < -0.39 is 5.41 Å². The fourth-order valence-corrected chi connectivity index (χ4v) is 8.15. The lowest BCUT2D eigenvalue weighted by Crippen LogP contribution is -2.26. The zero-order valence-corrected chi connectivity index (χ0v) is 27.5. The maximum Gasteiger partial charge on any atom is 0.187 e. The Balaban J connectivity index is 1.24. The third-order valence-corrected chi connectivity index (χ3v) is 10.4. The minimum Gasteiger partial charge on any atom is -0.238 e. The normalized spacial score (nSPS) is 12.8. The average Bonchev–Trinajstić information content (AvgIpc) is 3.68. The highest BCUT2D eigenvalue weighted by Crippen LogP contribution is 2.63. The van der Waals surface area contributed by atoms with Gasteiger partial charge in [-0.25, -0.2) is 19.8 Å². The molecule has 0 N–H and O–H groups in total. The zero-order valence-electron chi connectivity index (χ0n) is 27.5. The molecule has 0 radical (unpaired) electrons. The van der Waals surface area contributed by atoms with Crippen LogP contribution in [0, 0.1) is 6.57 Å². The van der Waals surface area contributed by atoms with Gasteiger partial charge in [0.1, 0.15) is 0 Å². The number of hydrogen-bond acceptors (Lipinski definition) is 3. The van der Waals surface area contributed by atoms with Crippen molar-refractivity contribution in [3.8, 4) is 67.5 Å². The molecule has 8 aromatic rings. The quantitative estimate of drug-likeness (QED) is 0.178. The monoisotopic (exact) mass is 648 g/mol. The Morgan fingerprint density at radius 1 is 0.353 bits per heavy atom. The summed E-state index contributed by atoms with van der Waals surface area (Å²) in [6.45, 7) is 7.63. The van der Waals surface area contributed by atoms with Crippen LogP contribution in [0.3, 0.4) is 0 Å². The van der Waals surface area contributed by atoms with E-state index in [0.717, 1.165) is 27.8 Å². The minimum absolute atomic E-state index is 0.557. The third kappa shape index (κ3) is 4.35. The summed E-state index contributed by atoms with van der Waals surface area (Å²) >= 11 is 0. The maximum absolute atomic E-state index is 7.63. The summed E-state index contributed by atoms with van der Waals surface area (Å²) in [5, 5.41) is 0. The SMILES string of the molecule is [C-]#[N+]c1cccc(-c2ccc3c(c2)C2(c4ccccc4-c4ccccc42)c2cc(-c4nc(-c5ccccc5)nc(-c5ccccc5)n4)ccc2-3)c1. The molecule has 2 aliphatic carbocycles. The van der Waals surface area contributed by atoms with E-state index >= 15 is 0 Å². The van der Waals surface area contributed by atoms with Gasteiger partial charge in [0.25, 0.3) is 0 Å². The molecule has 0 amide bonds. The maximum atomic E-state index is 7.63. The molecule has 0 fully saturated rings. The molecule has 0 saturated heterocycles. The largest absolute Gasteiger partial charge is 0.238 e. The molecule has 1 heterocycles. The predicted octanol–water partition coefficient (Wildman–Crippen LogP) is 11.4. The van der Waals surface area contributed by atoms with E-state index in [2.05, 4.69) is 95.8 Å². The molecule has 4 heteroatoms. The van der Waals surface area contributed by atoms with E-state index in [1.807, 2.05) is 78.9 Å². The Hall–Kier alpha value is -6.96. The standard InChI is InChI=1S/C47H28N4/c1-48-35-18-12-17-32(27-35)33-23-25-38-39-26-24-34(46-50-44(30-13-4-2-5-14-30)49-45(51-46)31-15-6-3-7-16-31)29-43(39)47(42(38)28-33)40-21-10-8-19-36(40)37-20-9-11-22-41(37)47/h2-29H. The number of aromatic nitrogens is 3. The number of nitrogens with zero attached hydrogens (tertiary/aromatic N) is 4. The Labute approximate surface area is 296 Å². The van der Waals surface area contributed by atoms with Crippen molar-refractivity contribution in [2.75, 3.05) is 0 Å². The van der Waals surface area contributed by atoms with E-state index in [1.165, 1.54) is 44.5 Å². The van der Waals surface area contributed by atoms with Crippen molar-refractivity contribution in [1.82, 2.24) is 15.0 Å². The molecule has 236 valence electrons. The molecule has 4 nitrogen and oxygen atoms in total. The number of fused-ring (bicyclic) bond motifs is 10. The second-order valence-electron chi connectivity index (χ2n) is 13.1. The highest BCUT2D eigenvalue weighted by atomic mass is 15.0. The van der Waals surface area contributed by atoms with E-state index in [-0.39, 0.29) is 0 Å². The fraction of sp³-hybridized carbons (Fsp3) is 0.0213. The Morgan fingerprint density at radius 2 is 0.784 bits per heavy atom. The van der Waals surface area contributed by atoms with E-state index in [0.29, 0.717) is 23.2 Å². The lowest BCUT2D eigenvalue weighted by Gasteiger charge is -2.31. The van der Waals surface area contributed by atoms with Crippen molar-refractivity contribution in [3.05, 3.63) is 204 Å². The van der Waals surface area contributed by atoms with Gasteiger partial charge in [0.2, 0.25) is 0 Å². The first-order valence-electron chi connectivity index (χ1n) is 17.1. The van der Waals surface area contributed by atoms with Gasteiger partial charge in [-0.2, -0.15) is 0 Å². The predicted molar refractivity (Wildman–Crippen MR) is 204 cm³/mol. The number of rotatable bonds is 4. The molecule has 10 rings (SSSR count). The van der Waals surface area contributed by atoms with Crippen molar-refractivity contribution < 1.29 is 0 Å². The molecule has 7 aromatic carbocycles. The summed E-state index contributed by atoms with van der Waals surface area (Å²) in [4.78, 5) is 18.9. The van der Waals surface area contributed by atoms with Crippen molar-refractivity contribution >= 4 is 5.69 Å². The minimum atomic E-state index is -0.557. The van der Waals surface area contributed by atoms with Crippen molar-refractivity contribution in [2.24, 2.45) is 0 Å². The summed E-state index contributed by atoms with van der Waals surface area (Å²) in [7, 11) is 0. The molecule has 0 bridgehead atoms. The first-order valence-corrected chi connectivity index (χ1v) is 17.1.